The van der Waals surface area contributed by atoms with E-state index in [9.17, 15) is 18.8 Å². The third-order valence-electron chi connectivity index (χ3n) is 5.55. The molecule has 3 aromatic rings. The Morgan fingerprint density at radius 1 is 1.11 bits per heavy atom. The van der Waals surface area contributed by atoms with Gasteiger partial charge in [-0.15, -0.1) is 0 Å². The van der Waals surface area contributed by atoms with Crippen molar-refractivity contribution in [1.29, 1.82) is 0 Å². The summed E-state index contributed by atoms with van der Waals surface area (Å²) in [4.78, 5) is 39.3. The van der Waals surface area contributed by atoms with Crippen LogP contribution >= 0.6 is 34.2 Å². The molecule has 1 aliphatic rings. The fourth-order valence-electron chi connectivity index (χ4n) is 3.77. The standard InChI is InChI=1S/C26H19ClFIN2O4/c1-14-7-8-17(27)13-22(14)31-25(33)19(24(32)30-26(31)34)9-15-10-21(29)18(23(11-15)35-2)12-16-5-3-4-6-20(16)28/h3-11,13H,12H2,1-2H3,(H,30,32,34)/b19-9+. The molecule has 0 aromatic heterocycles. The summed E-state index contributed by atoms with van der Waals surface area (Å²) in [7, 11) is 1.49. The maximum Gasteiger partial charge on any atom is 0.335 e. The molecule has 0 spiro atoms. The first-order valence-corrected chi connectivity index (χ1v) is 11.9. The molecule has 0 bridgehead atoms. The molecule has 1 saturated heterocycles. The smallest absolute Gasteiger partial charge is 0.335 e. The number of amides is 4. The van der Waals surface area contributed by atoms with E-state index in [2.05, 4.69) is 27.9 Å². The van der Waals surface area contributed by atoms with Crippen LogP contribution in [0.25, 0.3) is 6.08 Å². The van der Waals surface area contributed by atoms with E-state index in [0.29, 0.717) is 33.9 Å². The number of nitrogens with one attached hydrogen (secondary N) is 1. The van der Waals surface area contributed by atoms with Gasteiger partial charge < -0.3 is 4.74 Å². The van der Waals surface area contributed by atoms with Crippen LogP contribution in [-0.4, -0.2) is 25.0 Å². The number of urea groups is 1. The van der Waals surface area contributed by atoms with Crippen molar-refractivity contribution in [2.45, 2.75) is 13.3 Å². The van der Waals surface area contributed by atoms with Gasteiger partial charge in [0.1, 0.15) is 17.1 Å². The van der Waals surface area contributed by atoms with Gasteiger partial charge in [0.25, 0.3) is 11.8 Å². The molecule has 0 radical (unpaired) electrons. The highest BCUT2D eigenvalue weighted by atomic mass is 127. The zero-order valence-corrected chi connectivity index (χ0v) is 21.6. The van der Waals surface area contributed by atoms with Gasteiger partial charge in [0.05, 0.1) is 12.8 Å². The topological polar surface area (TPSA) is 75.7 Å². The first-order valence-electron chi connectivity index (χ1n) is 10.5. The first-order chi connectivity index (χ1) is 16.7. The van der Waals surface area contributed by atoms with E-state index in [1.165, 1.54) is 25.3 Å². The van der Waals surface area contributed by atoms with Crippen molar-refractivity contribution in [3.8, 4) is 5.75 Å². The minimum absolute atomic E-state index is 0.219. The number of halogens is 3. The Morgan fingerprint density at radius 2 is 1.86 bits per heavy atom. The van der Waals surface area contributed by atoms with Crippen LogP contribution in [0.1, 0.15) is 22.3 Å². The van der Waals surface area contributed by atoms with Crippen molar-refractivity contribution in [2.24, 2.45) is 0 Å². The van der Waals surface area contributed by atoms with Crippen molar-refractivity contribution >= 4 is 63.8 Å². The average molecular weight is 605 g/mol. The number of benzene rings is 3. The molecule has 0 aliphatic carbocycles. The average Bonchev–Trinajstić information content (AvgIpc) is 2.81. The van der Waals surface area contributed by atoms with Crippen LogP contribution < -0.4 is 15.0 Å². The van der Waals surface area contributed by atoms with Crippen LogP contribution in [0.15, 0.2) is 60.2 Å². The summed E-state index contributed by atoms with van der Waals surface area (Å²) in [5.74, 6) is -1.41. The second-order valence-electron chi connectivity index (χ2n) is 7.84. The Hall–Kier alpha value is -3.24. The number of nitrogens with zero attached hydrogens (tertiary/aromatic N) is 1. The summed E-state index contributed by atoms with van der Waals surface area (Å²) >= 11 is 8.18. The lowest BCUT2D eigenvalue weighted by Gasteiger charge is -2.27. The Balaban J connectivity index is 1.73. The van der Waals surface area contributed by atoms with Crippen molar-refractivity contribution in [3.63, 3.8) is 0 Å². The highest BCUT2D eigenvalue weighted by molar-refractivity contribution is 14.1. The summed E-state index contributed by atoms with van der Waals surface area (Å²) in [5.41, 5.74) is 2.50. The van der Waals surface area contributed by atoms with Crippen molar-refractivity contribution in [1.82, 2.24) is 5.32 Å². The van der Waals surface area contributed by atoms with Gasteiger partial charge in [-0.1, -0.05) is 35.9 Å². The lowest BCUT2D eigenvalue weighted by molar-refractivity contribution is -0.122. The summed E-state index contributed by atoms with van der Waals surface area (Å²) in [6, 6.07) is 13.9. The highest BCUT2D eigenvalue weighted by Crippen LogP contribution is 2.32. The van der Waals surface area contributed by atoms with E-state index >= 15 is 0 Å². The van der Waals surface area contributed by atoms with Gasteiger partial charge in [0, 0.05) is 20.6 Å². The summed E-state index contributed by atoms with van der Waals surface area (Å²) < 4.78 is 20.5. The van der Waals surface area contributed by atoms with E-state index in [4.69, 9.17) is 16.3 Å². The van der Waals surface area contributed by atoms with Gasteiger partial charge in [0.15, 0.2) is 0 Å². The molecule has 178 valence electrons. The van der Waals surface area contributed by atoms with Gasteiger partial charge >= 0.3 is 6.03 Å². The molecule has 1 fully saturated rings. The molecule has 1 aliphatic heterocycles. The van der Waals surface area contributed by atoms with Crippen molar-refractivity contribution in [2.75, 3.05) is 12.0 Å². The lowest BCUT2D eigenvalue weighted by Crippen LogP contribution is -2.54. The van der Waals surface area contributed by atoms with E-state index in [1.54, 1.807) is 49.4 Å². The number of carbonyl (C=O) groups excluding carboxylic acids is 3. The number of anilines is 1. The van der Waals surface area contributed by atoms with E-state index < -0.39 is 17.8 Å². The molecule has 1 heterocycles. The summed E-state index contributed by atoms with van der Waals surface area (Å²) in [6.45, 7) is 1.73. The number of hydrogen-bond acceptors (Lipinski definition) is 4. The number of rotatable bonds is 5. The van der Waals surface area contributed by atoms with Gasteiger partial charge in [0.2, 0.25) is 0 Å². The monoisotopic (exact) mass is 604 g/mol. The number of imide groups is 2. The zero-order chi connectivity index (χ0) is 25.3. The Labute approximate surface area is 219 Å². The fourth-order valence-corrected chi connectivity index (χ4v) is 4.75. The van der Waals surface area contributed by atoms with Crippen LogP contribution in [0, 0.1) is 16.3 Å². The number of carbonyl (C=O) groups is 3. The van der Waals surface area contributed by atoms with E-state index in [0.717, 1.165) is 14.0 Å². The van der Waals surface area contributed by atoms with Crippen LogP contribution in [0.3, 0.4) is 0 Å². The number of hydrogen-bond donors (Lipinski definition) is 1. The van der Waals surface area contributed by atoms with Crippen LogP contribution in [0.4, 0.5) is 14.9 Å². The number of aryl methyl sites for hydroxylation is 1. The zero-order valence-electron chi connectivity index (χ0n) is 18.7. The molecule has 3 aromatic carbocycles. The molecule has 4 amide bonds. The minimum atomic E-state index is -0.852. The molecule has 0 saturated carbocycles. The molecule has 9 heteroatoms. The predicted molar refractivity (Wildman–Crippen MR) is 140 cm³/mol. The molecular weight excluding hydrogens is 586 g/mol. The Kier molecular flexibility index (Phi) is 7.23. The fraction of sp³-hybridized carbons (Fsp3) is 0.115. The van der Waals surface area contributed by atoms with Gasteiger partial charge in [-0.05, 0) is 82.6 Å². The quantitative estimate of drug-likeness (QED) is 0.232. The van der Waals surface area contributed by atoms with Crippen LogP contribution in [0.2, 0.25) is 5.02 Å². The molecule has 1 N–H and O–H groups in total. The van der Waals surface area contributed by atoms with Crippen LogP contribution in [-0.2, 0) is 16.0 Å². The first kappa shape index (κ1) is 24.9. The SMILES string of the molecule is COc1cc(/C=C2\C(=O)NC(=O)N(c3cc(Cl)ccc3C)C2=O)cc(I)c1Cc1ccccc1F. The maximum absolute atomic E-state index is 14.2. The number of methoxy groups -OCH3 is 1. The van der Waals surface area contributed by atoms with E-state index in [1.807, 2.05) is 0 Å². The highest BCUT2D eigenvalue weighted by Gasteiger charge is 2.37. The third-order valence-corrected chi connectivity index (χ3v) is 6.74. The predicted octanol–water partition coefficient (Wildman–Crippen LogP) is 5.66. The molecule has 4 rings (SSSR count). The maximum atomic E-state index is 14.2. The van der Waals surface area contributed by atoms with Gasteiger partial charge in [-0.3, -0.25) is 14.9 Å². The molecule has 6 nitrogen and oxygen atoms in total. The van der Waals surface area contributed by atoms with Crippen molar-refractivity contribution < 1.29 is 23.5 Å². The van der Waals surface area contributed by atoms with Crippen molar-refractivity contribution in [3.05, 3.63) is 96.8 Å². The molecule has 0 unspecified atom stereocenters. The summed E-state index contributed by atoms with van der Waals surface area (Å²) in [6.07, 6.45) is 1.70. The molecule has 35 heavy (non-hydrogen) atoms. The van der Waals surface area contributed by atoms with E-state index in [-0.39, 0.29) is 17.1 Å². The number of ether oxygens (including phenoxy) is 1. The second-order valence-corrected chi connectivity index (χ2v) is 9.44. The second kappa shape index (κ2) is 10.2. The third kappa shape index (κ3) is 5.08. The summed E-state index contributed by atoms with van der Waals surface area (Å²) in [5, 5.41) is 2.56. The van der Waals surface area contributed by atoms with Gasteiger partial charge in [-0.25, -0.2) is 14.1 Å². The van der Waals surface area contributed by atoms with Gasteiger partial charge in [-0.2, -0.15) is 0 Å². The molecular formula is C26H19ClFIN2O4. The van der Waals surface area contributed by atoms with Crippen LogP contribution in [0.5, 0.6) is 5.75 Å². The largest absolute Gasteiger partial charge is 0.496 e. The molecule has 0 atom stereocenters. The Morgan fingerprint density at radius 3 is 2.57 bits per heavy atom. The minimum Gasteiger partial charge on any atom is -0.496 e. The number of barbiturate groups is 1. The lowest BCUT2D eigenvalue weighted by atomic mass is 10.00. The normalized spacial score (nSPS) is 14.9. The Bertz CT molecular complexity index is 1410.